The van der Waals surface area contributed by atoms with Gasteiger partial charge in [-0.1, -0.05) is 35.8 Å². The molecule has 0 amide bonds. The molecule has 0 radical (unpaired) electrons. The summed E-state index contributed by atoms with van der Waals surface area (Å²) < 4.78 is 13.6. The molecule has 1 N–H and O–H groups in total. The summed E-state index contributed by atoms with van der Waals surface area (Å²) in [6.45, 7) is 4.30. The van der Waals surface area contributed by atoms with Crippen LogP contribution in [0.3, 0.4) is 0 Å². The molecule has 1 aromatic rings. The number of benzene rings is 1. The van der Waals surface area contributed by atoms with Gasteiger partial charge < -0.3 is 5.11 Å². The second-order valence-corrected chi connectivity index (χ2v) is 6.47. The second-order valence-electron chi connectivity index (χ2n) is 4.15. The van der Waals surface area contributed by atoms with Gasteiger partial charge in [-0.2, -0.15) is 11.8 Å². The zero-order valence-corrected chi connectivity index (χ0v) is 12.5. The van der Waals surface area contributed by atoms with Crippen molar-refractivity contribution in [1.82, 2.24) is 0 Å². The average Bonchev–Trinajstić information content (AvgIpc) is 2.29. The summed E-state index contributed by atoms with van der Waals surface area (Å²) in [5, 5.41) is 10.5. The lowest BCUT2D eigenvalue weighted by Crippen LogP contribution is -2.15. The first-order valence-electron chi connectivity index (χ1n) is 5.76. The van der Waals surface area contributed by atoms with Gasteiger partial charge in [-0.3, -0.25) is 0 Å². The Labute approximate surface area is 115 Å². The third-order valence-corrected chi connectivity index (χ3v) is 4.84. The Hall–Kier alpha value is -0.0600. The van der Waals surface area contributed by atoms with Crippen LogP contribution < -0.4 is 0 Å². The molecule has 0 saturated carbocycles. The van der Waals surface area contributed by atoms with E-state index in [1.807, 2.05) is 0 Å². The molecule has 0 aliphatic rings. The molecule has 0 bridgehead atoms. The first kappa shape index (κ1) is 15.0. The summed E-state index contributed by atoms with van der Waals surface area (Å²) in [5.74, 6) is 0.461. The molecule has 0 saturated heterocycles. The first-order valence-corrected chi connectivity index (χ1v) is 7.60. The standard InChI is InChI=1S/C13H18BrFOS/c1-3-9(2)17-8-12(16)6-10-4-5-11(15)7-13(10)14/h4-5,7,9,12,16H,3,6,8H2,1-2H3. The highest BCUT2D eigenvalue weighted by atomic mass is 79.9. The highest BCUT2D eigenvalue weighted by molar-refractivity contribution is 9.10. The van der Waals surface area contributed by atoms with Crippen LogP contribution in [0.4, 0.5) is 4.39 Å². The van der Waals surface area contributed by atoms with Crippen LogP contribution in [0.15, 0.2) is 22.7 Å². The summed E-state index contributed by atoms with van der Waals surface area (Å²) in [6, 6.07) is 4.58. The van der Waals surface area contributed by atoms with E-state index in [4.69, 9.17) is 0 Å². The molecule has 17 heavy (non-hydrogen) atoms. The van der Waals surface area contributed by atoms with Crippen molar-refractivity contribution < 1.29 is 9.50 Å². The SMILES string of the molecule is CCC(C)SCC(O)Cc1ccc(F)cc1Br. The molecule has 0 aliphatic heterocycles. The van der Waals surface area contributed by atoms with Crippen LogP contribution in [0.5, 0.6) is 0 Å². The fourth-order valence-electron chi connectivity index (χ4n) is 1.39. The van der Waals surface area contributed by atoms with Gasteiger partial charge in [0.25, 0.3) is 0 Å². The van der Waals surface area contributed by atoms with Crippen molar-refractivity contribution in [3.05, 3.63) is 34.1 Å². The van der Waals surface area contributed by atoms with Crippen LogP contribution >= 0.6 is 27.7 Å². The Bertz CT molecular complexity index is 359. The van der Waals surface area contributed by atoms with E-state index in [1.165, 1.54) is 12.1 Å². The molecule has 0 heterocycles. The molecule has 0 spiro atoms. The van der Waals surface area contributed by atoms with Crippen LogP contribution in [-0.2, 0) is 6.42 Å². The van der Waals surface area contributed by atoms with Gasteiger partial charge in [0, 0.05) is 21.9 Å². The molecular formula is C13H18BrFOS. The van der Waals surface area contributed by atoms with Crippen molar-refractivity contribution in [2.24, 2.45) is 0 Å². The highest BCUT2D eigenvalue weighted by Gasteiger charge is 2.10. The molecule has 1 rings (SSSR count). The van der Waals surface area contributed by atoms with E-state index in [-0.39, 0.29) is 11.9 Å². The van der Waals surface area contributed by atoms with Crippen molar-refractivity contribution in [2.45, 2.75) is 38.0 Å². The monoisotopic (exact) mass is 320 g/mol. The minimum absolute atomic E-state index is 0.260. The van der Waals surface area contributed by atoms with Crippen molar-refractivity contribution >= 4 is 27.7 Å². The number of halogens is 2. The smallest absolute Gasteiger partial charge is 0.124 e. The molecule has 0 aromatic heterocycles. The van der Waals surface area contributed by atoms with Gasteiger partial charge in [0.1, 0.15) is 5.82 Å². The van der Waals surface area contributed by atoms with Crippen LogP contribution in [-0.4, -0.2) is 22.2 Å². The van der Waals surface area contributed by atoms with Crippen LogP contribution in [0.25, 0.3) is 0 Å². The van der Waals surface area contributed by atoms with Gasteiger partial charge >= 0.3 is 0 Å². The fourth-order valence-corrected chi connectivity index (χ4v) is 2.81. The molecule has 1 nitrogen and oxygen atoms in total. The predicted octanol–water partition coefficient (Wildman–Crippen LogP) is 4.02. The Kier molecular flexibility index (Phi) is 6.52. The van der Waals surface area contributed by atoms with E-state index in [9.17, 15) is 9.50 Å². The molecule has 4 heteroatoms. The van der Waals surface area contributed by atoms with E-state index in [0.717, 1.165) is 22.2 Å². The number of aliphatic hydroxyl groups is 1. The van der Waals surface area contributed by atoms with Gasteiger partial charge in [0.05, 0.1) is 6.10 Å². The zero-order chi connectivity index (χ0) is 12.8. The maximum atomic E-state index is 12.9. The maximum absolute atomic E-state index is 12.9. The van der Waals surface area contributed by atoms with Gasteiger partial charge in [-0.25, -0.2) is 4.39 Å². The van der Waals surface area contributed by atoms with Crippen molar-refractivity contribution in [3.8, 4) is 0 Å². The highest BCUT2D eigenvalue weighted by Crippen LogP contribution is 2.21. The van der Waals surface area contributed by atoms with E-state index in [0.29, 0.717) is 11.7 Å². The van der Waals surface area contributed by atoms with Crippen molar-refractivity contribution in [3.63, 3.8) is 0 Å². The van der Waals surface area contributed by atoms with E-state index < -0.39 is 0 Å². The largest absolute Gasteiger partial charge is 0.392 e. The minimum Gasteiger partial charge on any atom is -0.392 e. The topological polar surface area (TPSA) is 20.2 Å². The summed E-state index contributed by atoms with van der Waals surface area (Å²) in [7, 11) is 0. The number of thioether (sulfide) groups is 1. The van der Waals surface area contributed by atoms with Gasteiger partial charge in [0.15, 0.2) is 0 Å². The van der Waals surface area contributed by atoms with E-state index in [1.54, 1.807) is 17.8 Å². The number of aliphatic hydroxyl groups excluding tert-OH is 1. The van der Waals surface area contributed by atoms with Gasteiger partial charge in [-0.05, 0) is 24.1 Å². The lowest BCUT2D eigenvalue weighted by atomic mass is 10.1. The third-order valence-electron chi connectivity index (χ3n) is 2.62. The quantitative estimate of drug-likeness (QED) is 0.854. The van der Waals surface area contributed by atoms with Crippen LogP contribution in [0.2, 0.25) is 0 Å². The van der Waals surface area contributed by atoms with E-state index >= 15 is 0 Å². The summed E-state index contributed by atoms with van der Waals surface area (Å²) in [5.41, 5.74) is 0.948. The summed E-state index contributed by atoms with van der Waals surface area (Å²) in [6.07, 6.45) is 1.29. The van der Waals surface area contributed by atoms with E-state index in [2.05, 4.69) is 29.8 Å². The number of hydrogen-bond donors (Lipinski definition) is 1. The zero-order valence-electron chi connectivity index (χ0n) is 10.1. The fraction of sp³-hybridized carbons (Fsp3) is 0.538. The molecule has 2 unspecified atom stereocenters. The molecule has 0 aliphatic carbocycles. The normalized spacial score (nSPS) is 14.6. The number of rotatable bonds is 6. The van der Waals surface area contributed by atoms with Gasteiger partial charge in [0.2, 0.25) is 0 Å². The van der Waals surface area contributed by atoms with Crippen LogP contribution in [0, 0.1) is 5.82 Å². The predicted molar refractivity (Wildman–Crippen MR) is 76.0 cm³/mol. The summed E-state index contributed by atoms with van der Waals surface area (Å²) in [4.78, 5) is 0. The summed E-state index contributed by atoms with van der Waals surface area (Å²) >= 11 is 5.08. The molecule has 2 atom stereocenters. The Morgan fingerprint density at radius 1 is 1.47 bits per heavy atom. The van der Waals surface area contributed by atoms with Crippen molar-refractivity contribution in [2.75, 3.05) is 5.75 Å². The lowest BCUT2D eigenvalue weighted by molar-refractivity contribution is 0.200. The third kappa shape index (κ3) is 5.40. The Morgan fingerprint density at radius 3 is 2.76 bits per heavy atom. The lowest BCUT2D eigenvalue weighted by Gasteiger charge is -2.14. The molecule has 0 fully saturated rings. The Balaban J connectivity index is 2.47. The maximum Gasteiger partial charge on any atom is 0.124 e. The second kappa shape index (κ2) is 7.39. The van der Waals surface area contributed by atoms with Crippen molar-refractivity contribution in [1.29, 1.82) is 0 Å². The molecular weight excluding hydrogens is 303 g/mol. The minimum atomic E-state index is -0.379. The van der Waals surface area contributed by atoms with Gasteiger partial charge in [-0.15, -0.1) is 0 Å². The molecule has 96 valence electrons. The first-order chi connectivity index (χ1) is 8.02. The Morgan fingerprint density at radius 2 is 2.18 bits per heavy atom. The van der Waals surface area contributed by atoms with Crippen LogP contribution in [0.1, 0.15) is 25.8 Å². The average molecular weight is 321 g/mol. The molecule has 1 aromatic carbocycles. The number of hydrogen-bond acceptors (Lipinski definition) is 2.